The fourth-order valence-electron chi connectivity index (χ4n) is 18.8. The Hall–Kier alpha value is -14.1. The SMILES string of the molecule is CC(C)Nc1nc2c(-c3cn(C)c(=O)c4c3C=CC4)cccc2cc1C1CCCN1c1ncnc(N)c1C#N.Cc1cc(-c2cccc3cc([C@@H]4CCCN4c4ncnc(N)c4C#N)c(N4CCCCC4)nc23)cn(C)c1=O.Cn1cc(-c2cccc3cc(C4CCCN4c4nc(N)nc(N)c4C#N)c(N4CCCCC4)nc23)c2c(c1=O)CC=C2. The van der Waals surface area contributed by atoms with Crippen molar-refractivity contribution in [2.24, 2.45) is 21.1 Å². The van der Waals surface area contributed by atoms with Gasteiger partial charge in [-0.1, -0.05) is 78.9 Å². The van der Waals surface area contributed by atoms with E-state index in [0.717, 1.165) is 233 Å². The van der Waals surface area contributed by atoms with Gasteiger partial charge in [-0.2, -0.15) is 25.8 Å². The zero-order valence-corrected chi connectivity index (χ0v) is 68.3. The minimum atomic E-state index is -0.0481. The number of allylic oxidation sites excluding steroid dienone is 2. The van der Waals surface area contributed by atoms with Crippen LogP contribution in [-0.2, 0) is 34.0 Å². The monoisotopic (exact) mass is 1600 g/mol. The molecule has 2 aliphatic carbocycles. The number of anilines is 10. The molecule has 28 nitrogen and oxygen atoms in total. The average Bonchev–Trinajstić information content (AvgIpc) is 1.18. The minimum Gasteiger partial charge on any atom is -0.382 e. The fraction of sp³-hybridized carbons (Fsp3) is 0.337. The van der Waals surface area contributed by atoms with Gasteiger partial charge < -0.3 is 66.5 Å². The van der Waals surface area contributed by atoms with Gasteiger partial charge in [0.05, 0.1) is 34.7 Å². The van der Waals surface area contributed by atoms with E-state index in [1.807, 2.05) is 56.8 Å². The molecule has 2 unspecified atom stereocenters. The van der Waals surface area contributed by atoms with Crippen molar-refractivity contribution in [1.29, 1.82) is 15.8 Å². The lowest BCUT2D eigenvalue weighted by Gasteiger charge is -2.34. The number of para-hydroxylation sites is 3. The summed E-state index contributed by atoms with van der Waals surface area (Å²) < 4.78 is 4.99. The van der Waals surface area contributed by atoms with Crippen molar-refractivity contribution in [3.63, 3.8) is 0 Å². The van der Waals surface area contributed by atoms with Crippen molar-refractivity contribution in [2.75, 3.05) is 98.6 Å². The zero-order chi connectivity index (χ0) is 83.3. The molecule has 0 bridgehead atoms. The zero-order valence-electron chi connectivity index (χ0n) is 68.3. The third-order valence-corrected chi connectivity index (χ3v) is 24.5. The van der Waals surface area contributed by atoms with Crippen LogP contribution >= 0.6 is 0 Å². The third-order valence-electron chi connectivity index (χ3n) is 24.5. The first-order valence-corrected chi connectivity index (χ1v) is 41.5. The van der Waals surface area contributed by atoms with Crippen molar-refractivity contribution in [3.8, 4) is 51.6 Å². The summed E-state index contributed by atoms with van der Waals surface area (Å²) in [7, 11) is 5.41. The molecule has 606 valence electrons. The summed E-state index contributed by atoms with van der Waals surface area (Å²) in [6, 6.07) is 34.1. The molecular formula is C92H95N25O3. The lowest BCUT2D eigenvalue weighted by molar-refractivity contribution is 0.569. The summed E-state index contributed by atoms with van der Waals surface area (Å²) >= 11 is 0. The average molecular weight is 1600 g/mol. The summed E-state index contributed by atoms with van der Waals surface area (Å²) in [4.78, 5) is 90.9. The molecule has 19 rings (SSSR count). The highest BCUT2D eigenvalue weighted by atomic mass is 16.1. The summed E-state index contributed by atoms with van der Waals surface area (Å²) in [6.07, 6.45) is 30.6. The Kier molecular flexibility index (Phi) is 21.4. The van der Waals surface area contributed by atoms with E-state index in [4.69, 9.17) is 37.9 Å². The fourth-order valence-corrected chi connectivity index (χ4v) is 18.8. The Morgan fingerprint density at radius 2 is 0.867 bits per heavy atom. The van der Waals surface area contributed by atoms with Gasteiger partial charge in [-0.25, -0.2) is 34.9 Å². The quantitative estimate of drug-likeness (QED) is 0.0715. The maximum absolute atomic E-state index is 12.8. The van der Waals surface area contributed by atoms with Crippen LogP contribution in [0.15, 0.2) is 137 Å². The molecule has 0 radical (unpaired) electrons. The van der Waals surface area contributed by atoms with Gasteiger partial charge in [0, 0.05) is 175 Å². The van der Waals surface area contributed by atoms with Gasteiger partial charge in [0.15, 0.2) is 17.5 Å². The largest absolute Gasteiger partial charge is 0.382 e. The van der Waals surface area contributed by atoms with Crippen LogP contribution in [0.1, 0.15) is 170 Å². The number of rotatable bonds is 13. The molecule has 0 saturated carbocycles. The van der Waals surface area contributed by atoms with Crippen LogP contribution in [-0.4, -0.2) is 110 Å². The van der Waals surface area contributed by atoms with Gasteiger partial charge in [0.1, 0.15) is 82.5 Å². The molecule has 5 fully saturated rings. The van der Waals surface area contributed by atoms with Crippen molar-refractivity contribution in [1.82, 2.24) is 58.6 Å². The number of pyridine rings is 6. The van der Waals surface area contributed by atoms with E-state index in [1.165, 1.54) is 25.5 Å². The second-order valence-electron chi connectivity index (χ2n) is 32.5. The highest BCUT2D eigenvalue weighted by Gasteiger charge is 2.38. The molecular weight excluding hydrogens is 1500 g/mol. The highest BCUT2D eigenvalue weighted by molar-refractivity contribution is 6.00. The number of aryl methyl sites for hydroxylation is 4. The molecule has 5 aliphatic heterocycles. The molecule has 28 heteroatoms. The predicted octanol–water partition coefficient (Wildman–Crippen LogP) is 13.4. The van der Waals surface area contributed by atoms with E-state index in [-0.39, 0.29) is 69.8 Å². The number of nitriles is 3. The second kappa shape index (κ2) is 32.8. The molecule has 3 aromatic carbocycles. The number of fused-ring (bicyclic) bond motifs is 5. The molecule has 9 aromatic heterocycles. The van der Waals surface area contributed by atoms with Crippen LogP contribution in [0.5, 0.6) is 0 Å². The van der Waals surface area contributed by atoms with E-state index in [0.29, 0.717) is 47.0 Å². The number of nitrogens with one attached hydrogen (secondary N) is 1. The number of nitrogens with zero attached hydrogens (tertiary/aromatic N) is 20. The standard InChI is InChI=1S/C32H33N9O.C30H30N8O.C30H32N8O/c1-39-18-25(20-9-6-11-22(20)31(39)42)21-10-5-8-19-16-23(29(36-27(19)21)40-13-3-2-4-14-40)26-12-7-15-41(26)30-24(17-33)28(34)37-32(35)38-30;1-17(2)35-28-22(25-11-6-12-38(25)29-23(14-31)27(32)33-16-34-29)13-18-7-4-9-20(26(18)36-28)24-15-37(3)30(39)21-10-5-8-19(21)24;1-19-14-21(17-36(2)30(19)39)22-9-6-8-20-15-23(29(35-26(20)22)37-11-4-3-5-12-37)25-10-7-13-38(25)28-24(16-31)27(32)33-18-34-28/h5-6,8-10,16,18,26H,2-4,7,11-15H2,1H3,(H4,34,35,37,38);4-5,7-9,13,15-17,25H,6,10-12H2,1-3H3,(H,35,36)(H2,32,33,34);6,8-9,14-15,17-18,25H,3-5,7,10-13H2,1-2H3,(H2,32,33,34)/t;;25-/m..0/s1. The lowest BCUT2D eigenvalue weighted by Crippen LogP contribution is -2.33. The number of hydrogen-bond donors (Lipinski definition) is 5. The van der Waals surface area contributed by atoms with E-state index < -0.39 is 0 Å². The first kappa shape index (κ1) is 78.5. The molecule has 14 heterocycles. The Morgan fingerprint density at radius 3 is 1.33 bits per heavy atom. The first-order chi connectivity index (χ1) is 58.3. The molecule has 0 spiro atoms. The predicted molar refractivity (Wildman–Crippen MR) is 474 cm³/mol. The maximum Gasteiger partial charge on any atom is 0.254 e. The minimum absolute atomic E-state index is 0.00617. The van der Waals surface area contributed by atoms with Crippen molar-refractivity contribution >= 4 is 103 Å². The van der Waals surface area contributed by atoms with E-state index in [2.05, 4.69) is 171 Å². The maximum atomic E-state index is 12.8. The Labute approximate surface area is 694 Å². The number of benzene rings is 3. The van der Waals surface area contributed by atoms with E-state index >= 15 is 0 Å². The van der Waals surface area contributed by atoms with Crippen molar-refractivity contribution in [2.45, 2.75) is 135 Å². The molecule has 12 aromatic rings. The second-order valence-corrected chi connectivity index (χ2v) is 32.5. The van der Waals surface area contributed by atoms with Gasteiger partial charge in [-0.15, -0.1) is 0 Å². The van der Waals surface area contributed by atoms with E-state index in [1.54, 1.807) is 27.8 Å². The van der Waals surface area contributed by atoms with Crippen LogP contribution in [0.25, 0.3) is 78.2 Å². The van der Waals surface area contributed by atoms with Crippen LogP contribution in [0.4, 0.5) is 58.3 Å². The first-order valence-electron chi connectivity index (χ1n) is 41.5. The number of nitrogens with two attached hydrogens (primary N) is 4. The Morgan fingerprint density at radius 1 is 0.442 bits per heavy atom. The lowest BCUT2D eigenvalue weighted by atomic mass is 9.95. The Bertz CT molecular complexity index is 6480. The van der Waals surface area contributed by atoms with Gasteiger partial charge in [-0.05, 0) is 146 Å². The number of nitrogen functional groups attached to an aromatic ring is 4. The van der Waals surface area contributed by atoms with Crippen LogP contribution < -0.4 is 69.4 Å². The van der Waals surface area contributed by atoms with E-state index in [9.17, 15) is 30.2 Å². The number of aromatic nitrogens is 12. The van der Waals surface area contributed by atoms with Gasteiger partial charge in [0.25, 0.3) is 16.7 Å². The van der Waals surface area contributed by atoms with Gasteiger partial charge in [0.2, 0.25) is 5.95 Å². The number of hydrogen-bond acceptors (Lipinski definition) is 25. The number of piperidine rings is 2. The van der Waals surface area contributed by atoms with Crippen molar-refractivity contribution in [3.05, 3.63) is 215 Å². The van der Waals surface area contributed by atoms with Crippen LogP contribution in [0, 0.1) is 40.9 Å². The molecule has 0 amide bonds. The van der Waals surface area contributed by atoms with Crippen molar-refractivity contribution < 1.29 is 0 Å². The topological polar surface area (TPSA) is 386 Å². The normalized spacial score (nSPS) is 17.3. The molecule has 9 N–H and O–H groups in total. The van der Waals surface area contributed by atoms with Crippen LogP contribution in [0.2, 0.25) is 0 Å². The third kappa shape index (κ3) is 14.5. The highest BCUT2D eigenvalue weighted by Crippen LogP contribution is 2.48. The molecule has 5 saturated heterocycles. The van der Waals surface area contributed by atoms with Crippen LogP contribution in [0.3, 0.4) is 0 Å². The van der Waals surface area contributed by atoms with Gasteiger partial charge in [-0.3, -0.25) is 14.4 Å². The molecule has 120 heavy (non-hydrogen) atoms. The van der Waals surface area contributed by atoms with Gasteiger partial charge >= 0.3 is 0 Å². The molecule has 3 atom stereocenters. The summed E-state index contributed by atoms with van der Waals surface area (Å²) in [5.74, 6) is 4.95. The Balaban J connectivity index is 0.000000129. The summed E-state index contributed by atoms with van der Waals surface area (Å²) in [5.41, 5.74) is 41.5. The summed E-state index contributed by atoms with van der Waals surface area (Å²) in [5, 5.41) is 36.2. The smallest absolute Gasteiger partial charge is 0.254 e. The molecule has 7 aliphatic rings. The summed E-state index contributed by atoms with van der Waals surface area (Å²) in [6.45, 7) is 12.1.